The SMILES string of the molecule is CCC(=O)O[C@@H]1CC(=O)O[C@H](C)CCCN(CCCCc2ccccc2)C[C@H](O)[C@H](C)C[C@H](CC=O)[C@H](O[C@@H]2OC(C)[C@H](O)C(N(C)C)C2O)[C@H]1OC. The number of benzene rings is 1. The summed E-state index contributed by atoms with van der Waals surface area (Å²) >= 11 is 0. The van der Waals surface area contributed by atoms with E-state index in [0.29, 0.717) is 25.9 Å². The number of esters is 2. The second kappa shape index (κ2) is 22.8. The van der Waals surface area contributed by atoms with Crippen LogP contribution in [0.25, 0.3) is 0 Å². The van der Waals surface area contributed by atoms with Crippen molar-refractivity contribution < 1.29 is 53.4 Å². The molecule has 2 aliphatic heterocycles. The van der Waals surface area contributed by atoms with Gasteiger partial charge in [-0.05, 0) is 97.0 Å². The number of hydrogen-bond acceptors (Lipinski definition) is 13. The highest BCUT2D eigenvalue weighted by Gasteiger charge is 2.48. The third kappa shape index (κ3) is 13.9. The molecule has 13 nitrogen and oxygen atoms in total. The number of carbonyl (C=O) groups is 3. The van der Waals surface area contributed by atoms with Crippen molar-refractivity contribution in [3.8, 4) is 0 Å². The smallest absolute Gasteiger partial charge is 0.309 e. The Balaban J connectivity index is 1.96. The number of nitrogens with zero attached hydrogens (tertiary/aromatic N) is 2. The number of methoxy groups -OCH3 is 1. The number of aliphatic hydroxyl groups excluding tert-OH is 3. The lowest BCUT2D eigenvalue weighted by molar-refractivity contribution is -0.310. The van der Waals surface area contributed by atoms with Crippen molar-refractivity contribution in [2.75, 3.05) is 40.8 Å². The Kier molecular flexibility index (Phi) is 19.3. The van der Waals surface area contributed by atoms with Gasteiger partial charge < -0.3 is 53.6 Å². The number of aldehydes is 1. The number of aliphatic hydroxyl groups is 3. The molecule has 0 spiro atoms. The van der Waals surface area contributed by atoms with Crippen LogP contribution in [0.1, 0.15) is 84.6 Å². The van der Waals surface area contributed by atoms with Crippen LogP contribution < -0.4 is 0 Å². The molecule has 2 heterocycles. The second-order valence-corrected chi connectivity index (χ2v) is 15.2. The zero-order valence-electron chi connectivity index (χ0n) is 32.9. The number of rotatable bonds is 13. The molecular formula is C40H66N2O11. The summed E-state index contributed by atoms with van der Waals surface area (Å²) in [5, 5.41) is 34.0. The molecule has 302 valence electrons. The van der Waals surface area contributed by atoms with Crippen molar-refractivity contribution in [2.24, 2.45) is 11.8 Å². The number of unbranched alkanes of at least 4 members (excludes halogenated alkanes) is 1. The predicted molar refractivity (Wildman–Crippen MR) is 199 cm³/mol. The fourth-order valence-electron chi connectivity index (χ4n) is 7.59. The summed E-state index contributed by atoms with van der Waals surface area (Å²) in [5.41, 5.74) is 1.29. The first-order valence-corrected chi connectivity index (χ1v) is 19.4. The van der Waals surface area contributed by atoms with Crippen LogP contribution in [0.4, 0.5) is 0 Å². The molecule has 0 radical (unpaired) electrons. The molecule has 1 aromatic carbocycles. The first-order valence-electron chi connectivity index (χ1n) is 19.4. The second-order valence-electron chi connectivity index (χ2n) is 15.2. The van der Waals surface area contributed by atoms with Crippen LogP contribution in [0, 0.1) is 11.8 Å². The van der Waals surface area contributed by atoms with E-state index in [1.54, 1.807) is 32.8 Å². The quantitative estimate of drug-likeness (QED) is 0.153. The third-order valence-electron chi connectivity index (χ3n) is 10.7. The van der Waals surface area contributed by atoms with Gasteiger partial charge >= 0.3 is 11.9 Å². The van der Waals surface area contributed by atoms with Gasteiger partial charge in [-0.15, -0.1) is 0 Å². The Hall–Kier alpha value is -2.49. The molecule has 12 atom stereocenters. The molecule has 0 saturated carbocycles. The molecule has 0 bridgehead atoms. The van der Waals surface area contributed by atoms with E-state index in [1.807, 2.05) is 32.0 Å². The van der Waals surface area contributed by atoms with E-state index in [4.69, 9.17) is 23.7 Å². The molecular weight excluding hydrogens is 684 g/mol. The molecule has 1 aromatic rings. The number of carbonyl (C=O) groups excluding carboxylic acids is 3. The number of likely N-dealkylation sites (N-methyl/N-ethyl adjacent to an activating group) is 1. The largest absolute Gasteiger partial charge is 0.463 e. The Morgan fingerprint density at radius 2 is 1.77 bits per heavy atom. The molecule has 53 heavy (non-hydrogen) atoms. The summed E-state index contributed by atoms with van der Waals surface area (Å²) in [6.45, 7) is 8.98. The molecule has 0 amide bonds. The molecule has 3 unspecified atom stereocenters. The minimum atomic E-state index is -1.31. The van der Waals surface area contributed by atoms with E-state index in [2.05, 4.69) is 17.0 Å². The van der Waals surface area contributed by atoms with E-state index in [0.717, 1.165) is 38.5 Å². The van der Waals surface area contributed by atoms with Gasteiger partial charge in [0.1, 0.15) is 24.6 Å². The maximum Gasteiger partial charge on any atom is 0.309 e. The van der Waals surface area contributed by atoms with E-state index in [9.17, 15) is 29.7 Å². The minimum absolute atomic E-state index is 0.0151. The van der Waals surface area contributed by atoms with Gasteiger partial charge in [0.25, 0.3) is 0 Å². The van der Waals surface area contributed by atoms with Crippen molar-refractivity contribution in [3.63, 3.8) is 0 Å². The summed E-state index contributed by atoms with van der Waals surface area (Å²) in [6, 6.07) is 9.61. The fraction of sp³-hybridized carbons (Fsp3) is 0.775. The number of cyclic esters (lactones) is 1. The molecule has 2 aliphatic rings. The van der Waals surface area contributed by atoms with Crippen molar-refractivity contribution in [2.45, 2.75) is 147 Å². The normalized spacial score (nSPS) is 34.4. The number of β-amino-alcohol motifs (C(OH)–C–C–N with tert-alkyl or cyclic N) is 1. The maximum atomic E-state index is 13.4. The Morgan fingerprint density at radius 1 is 1.06 bits per heavy atom. The molecule has 2 saturated heterocycles. The summed E-state index contributed by atoms with van der Waals surface area (Å²) in [7, 11) is 4.86. The fourth-order valence-corrected chi connectivity index (χ4v) is 7.59. The van der Waals surface area contributed by atoms with Crippen molar-refractivity contribution >= 4 is 18.2 Å². The third-order valence-corrected chi connectivity index (χ3v) is 10.7. The van der Waals surface area contributed by atoms with Gasteiger partial charge in [0.05, 0.1) is 43.0 Å². The van der Waals surface area contributed by atoms with E-state index in [-0.39, 0.29) is 25.2 Å². The van der Waals surface area contributed by atoms with Crippen molar-refractivity contribution in [1.82, 2.24) is 9.80 Å². The average Bonchev–Trinajstić information content (AvgIpc) is 3.11. The van der Waals surface area contributed by atoms with Crippen LogP contribution in [0.5, 0.6) is 0 Å². The molecule has 13 heteroatoms. The zero-order valence-corrected chi connectivity index (χ0v) is 32.9. The minimum Gasteiger partial charge on any atom is -0.463 e. The Bertz CT molecular complexity index is 1220. The molecule has 0 aliphatic carbocycles. The first-order chi connectivity index (χ1) is 25.3. The topological polar surface area (TPSA) is 165 Å². The van der Waals surface area contributed by atoms with E-state index < -0.39 is 79.0 Å². The van der Waals surface area contributed by atoms with E-state index >= 15 is 0 Å². The van der Waals surface area contributed by atoms with Gasteiger partial charge in [-0.25, -0.2) is 0 Å². The molecule has 0 aromatic heterocycles. The standard InChI is InChI=1S/C40H66N2O11/c1-8-33(45)52-32-24-34(46)50-27(3)15-14-21-42(20-13-12-18-29-16-10-9-11-17-29)25-31(44)26(2)23-30(19-22-43)38(39(32)49-7)53-40-37(48)35(41(5)6)36(47)28(4)51-40/h9-11,16-17,22,26-28,30-32,35-40,44,47-48H,8,12-15,18-21,23-25H2,1-7H3/t26-,27-,28?,30+,31+,32-,35?,36+,37?,38+,39+,40+/m1/s1. The average molecular weight is 751 g/mol. The summed E-state index contributed by atoms with van der Waals surface area (Å²) in [6.07, 6.45) is -3.81. The summed E-state index contributed by atoms with van der Waals surface area (Å²) in [5.74, 6) is -2.07. The van der Waals surface area contributed by atoms with Crippen molar-refractivity contribution in [1.29, 1.82) is 0 Å². The highest BCUT2D eigenvalue weighted by Crippen LogP contribution is 2.34. The summed E-state index contributed by atoms with van der Waals surface area (Å²) in [4.78, 5) is 42.4. The predicted octanol–water partition coefficient (Wildman–Crippen LogP) is 3.14. The van der Waals surface area contributed by atoms with Gasteiger partial charge in [-0.1, -0.05) is 44.2 Å². The number of aryl methyl sites for hydroxylation is 1. The van der Waals surface area contributed by atoms with Gasteiger partial charge in [0, 0.05) is 26.5 Å². The molecule has 3 rings (SSSR count). The van der Waals surface area contributed by atoms with Crippen molar-refractivity contribution in [3.05, 3.63) is 35.9 Å². The van der Waals surface area contributed by atoms with Gasteiger partial charge in [0.2, 0.25) is 0 Å². The molecule has 3 N–H and O–H groups in total. The Morgan fingerprint density at radius 3 is 2.42 bits per heavy atom. The lowest BCUT2D eigenvalue weighted by atomic mass is 9.82. The van der Waals surface area contributed by atoms with Crippen LogP contribution in [0.3, 0.4) is 0 Å². The molecule has 2 fully saturated rings. The van der Waals surface area contributed by atoms with Gasteiger partial charge in [-0.2, -0.15) is 0 Å². The van der Waals surface area contributed by atoms with Crippen LogP contribution >= 0.6 is 0 Å². The van der Waals surface area contributed by atoms with Crippen LogP contribution in [0.2, 0.25) is 0 Å². The van der Waals surface area contributed by atoms with Gasteiger partial charge in [0.15, 0.2) is 6.29 Å². The Labute approximate surface area is 316 Å². The first kappa shape index (κ1) is 44.9. The number of ether oxygens (including phenoxy) is 5. The lowest BCUT2D eigenvalue weighted by Crippen LogP contribution is -2.63. The highest BCUT2D eigenvalue weighted by atomic mass is 16.7. The lowest BCUT2D eigenvalue weighted by Gasteiger charge is -2.47. The van der Waals surface area contributed by atoms with Crippen LogP contribution in [-0.2, 0) is 44.5 Å². The van der Waals surface area contributed by atoms with Crippen LogP contribution in [-0.4, -0.2) is 145 Å². The maximum absolute atomic E-state index is 13.4. The van der Waals surface area contributed by atoms with E-state index in [1.165, 1.54) is 12.7 Å². The van der Waals surface area contributed by atoms with Gasteiger partial charge in [-0.3, -0.25) is 9.59 Å². The zero-order chi connectivity index (χ0) is 39.1. The summed E-state index contributed by atoms with van der Waals surface area (Å²) < 4.78 is 30.2. The van der Waals surface area contributed by atoms with Crippen LogP contribution in [0.15, 0.2) is 30.3 Å². The highest BCUT2D eigenvalue weighted by molar-refractivity contribution is 5.72. The number of hydrogen-bond donors (Lipinski definition) is 3. The monoisotopic (exact) mass is 750 g/mol.